The third kappa shape index (κ3) is 4.31. The van der Waals surface area contributed by atoms with Gasteiger partial charge in [-0.1, -0.05) is 18.7 Å². The summed E-state index contributed by atoms with van der Waals surface area (Å²) >= 11 is 3.51. The Morgan fingerprint density at radius 2 is 2.38 bits per heavy atom. The molecule has 0 aromatic rings. The molecular formula is C8H12O4S. The predicted octanol–water partition coefficient (Wildman–Crippen LogP) is 1.37. The van der Waals surface area contributed by atoms with E-state index in [2.05, 4.69) is 12.6 Å². The van der Waals surface area contributed by atoms with Crippen LogP contribution in [0.1, 0.15) is 6.92 Å². The Morgan fingerprint density at radius 3 is 3.08 bits per heavy atom. The normalized spacial score (nSPS) is 31.5. The summed E-state index contributed by atoms with van der Waals surface area (Å²) in [4.78, 5) is 10.5. The van der Waals surface area contributed by atoms with Crippen LogP contribution in [0.3, 0.4) is 0 Å². The van der Waals surface area contributed by atoms with Crippen LogP contribution in [0, 0.1) is 0 Å². The second kappa shape index (κ2) is 5.26. The maximum atomic E-state index is 10.5. The molecule has 0 aliphatic carbocycles. The lowest BCUT2D eigenvalue weighted by atomic mass is 10.3. The molecule has 4 nitrogen and oxygen atoms in total. The quantitative estimate of drug-likeness (QED) is 0.398. The highest BCUT2D eigenvalue weighted by Crippen LogP contribution is 2.05. The first-order valence-corrected chi connectivity index (χ1v) is 4.42. The summed E-state index contributed by atoms with van der Waals surface area (Å²) in [5.41, 5.74) is 0. The molecule has 0 saturated heterocycles. The largest absolute Gasteiger partial charge is 0.448 e. The Labute approximate surface area is 82.3 Å². The molecule has 0 aromatic heterocycles. The van der Waals surface area contributed by atoms with Crippen LogP contribution in [-0.4, -0.2) is 30.9 Å². The van der Waals surface area contributed by atoms with Gasteiger partial charge in [-0.3, -0.25) is 0 Å². The zero-order valence-corrected chi connectivity index (χ0v) is 8.20. The summed E-state index contributed by atoms with van der Waals surface area (Å²) in [5.74, 6) is 0. The highest BCUT2D eigenvalue weighted by molar-refractivity contribution is 7.96. The van der Waals surface area contributed by atoms with Crippen molar-refractivity contribution in [3.05, 3.63) is 12.2 Å². The highest BCUT2D eigenvalue weighted by atomic mass is 32.1. The van der Waals surface area contributed by atoms with Crippen molar-refractivity contribution in [2.75, 3.05) is 13.2 Å². The summed E-state index contributed by atoms with van der Waals surface area (Å²) in [7, 11) is 0. The van der Waals surface area contributed by atoms with Crippen LogP contribution in [0.25, 0.3) is 0 Å². The average Bonchev–Trinajstić information content (AvgIpc) is 2.03. The van der Waals surface area contributed by atoms with Crippen molar-refractivity contribution in [2.24, 2.45) is 0 Å². The Kier molecular flexibility index (Phi) is 4.27. The number of carbonyl (C=O) groups excluding carboxylic acids is 1. The minimum atomic E-state index is -0.604. The van der Waals surface area contributed by atoms with Gasteiger partial charge < -0.3 is 14.2 Å². The summed E-state index contributed by atoms with van der Waals surface area (Å²) in [6, 6.07) is 0. The third-order valence-electron chi connectivity index (χ3n) is 1.53. The minimum Gasteiger partial charge on any atom is -0.448 e. The maximum Gasteiger partial charge on any atom is 0.364 e. The number of ether oxygens (including phenoxy) is 3. The SMILES string of the molecule is CC1OC/C=C/C(OC(=O)S)CO1. The van der Waals surface area contributed by atoms with Crippen LogP contribution in [-0.2, 0) is 14.2 Å². The first-order valence-electron chi connectivity index (χ1n) is 3.98. The van der Waals surface area contributed by atoms with E-state index in [9.17, 15) is 4.79 Å². The van der Waals surface area contributed by atoms with Gasteiger partial charge in [0.05, 0.1) is 13.2 Å². The summed E-state index contributed by atoms with van der Waals surface area (Å²) < 4.78 is 15.2. The van der Waals surface area contributed by atoms with Crippen molar-refractivity contribution in [1.82, 2.24) is 0 Å². The van der Waals surface area contributed by atoms with Crippen molar-refractivity contribution in [3.8, 4) is 0 Å². The molecule has 1 aliphatic heterocycles. The van der Waals surface area contributed by atoms with Crippen molar-refractivity contribution in [3.63, 3.8) is 0 Å². The molecule has 74 valence electrons. The van der Waals surface area contributed by atoms with E-state index >= 15 is 0 Å². The number of hydrogen-bond donors (Lipinski definition) is 1. The molecular weight excluding hydrogens is 192 g/mol. The monoisotopic (exact) mass is 204 g/mol. The Balaban J connectivity index is 2.44. The molecule has 1 rings (SSSR count). The third-order valence-corrected chi connectivity index (χ3v) is 1.63. The van der Waals surface area contributed by atoms with E-state index in [4.69, 9.17) is 14.2 Å². The summed E-state index contributed by atoms with van der Waals surface area (Å²) in [6.07, 6.45) is 2.88. The number of rotatable bonds is 1. The zero-order valence-electron chi connectivity index (χ0n) is 7.30. The fourth-order valence-electron chi connectivity index (χ4n) is 0.935. The second-order valence-electron chi connectivity index (χ2n) is 2.58. The second-order valence-corrected chi connectivity index (χ2v) is 2.95. The number of thiol groups is 1. The average molecular weight is 204 g/mol. The van der Waals surface area contributed by atoms with Gasteiger partial charge in [0.25, 0.3) is 0 Å². The molecule has 5 heteroatoms. The highest BCUT2D eigenvalue weighted by Gasteiger charge is 2.13. The summed E-state index contributed by atoms with van der Waals surface area (Å²) in [6.45, 7) is 2.55. The first-order chi connectivity index (χ1) is 6.18. The van der Waals surface area contributed by atoms with Gasteiger partial charge in [-0.2, -0.15) is 0 Å². The van der Waals surface area contributed by atoms with Crippen molar-refractivity contribution in [2.45, 2.75) is 19.3 Å². The smallest absolute Gasteiger partial charge is 0.364 e. The molecule has 0 saturated carbocycles. The number of hydrogen-bond acceptors (Lipinski definition) is 4. The van der Waals surface area contributed by atoms with Crippen LogP contribution < -0.4 is 0 Å². The molecule has 0 aromatic carbocycles. The topological polar surface area (TPSA) is 44.8 Å². The van der Waals surface area contributed by atoms with Crippen LogP contribution in [0.15, 0.2) is 12.2 Å². The molecule has 0 radical (unpaired) electrons. The lowest BCUT2D eigenvalue weighted by Crippen LogP contribution is -2.25. The predicted molar refractivity (Wildman–Crippen MR) is 49.8 cm³/mol. The lowest BCUT2D eigenvalue weighted by Gasteiger charge is -2.19. The van der Waals surface area contributed by atoms with Gasteiger partial charge in [0.1, 0.15) is 6.10 Å². The molecule has 1 heterocycles. The van der Waals surface area contributed by atoms with E-state index in [1.807, 2.05) is 0 Å². The van der Waals surface area contributed by atoms with Gasteiger partial charge in [-0.25, -0.2) is 4.79 Å². The molecule has 0 bridgehead atoms. The molecule has 2 atom stereocenters. The minimum absolute atomic E-state index is 0.272. The van der Waals surface area contributed by atoms with E-state index in [0.717, 1.165) is 0 Å². The molecule has 2 unspecified atom stereocenters. The number of carbonyl (C=O) groups is 1. The first kappa shape index (κ1) is 10.6. The van der Waals surface area contributed by atoms with E-state index in [-0.39, 0.29) is 12.4 Å². The van der Waals surface area contributed by atoms with Gasteiger partial charge in [0.15, 0.2) is 6.29 Å². The fourth-order valence-corrected chi connectivity index (χ4v) is 1.07. The lowest BCUT2D eigenvalue weighted by molar-refractivity contribution is -0.138. The Morgan fingerprint density at radius 1 is 1.62 bits per heavy atom. The Bertz CT molecular complexity index is 204. The maximum absolute atomic E-state index is 10.5. The van der Waals surface area contributed by atoms with Gasteiger partial charge in [0, 0.05) is 0 Å². The van der Waals surface area contributed by atoms with Gasteiger partial charge in [-0.15, -0.1) is 0 Å². The molecule has 0 fully saturated rings. The van der Waals surface area contributed by atoms with Crippen LogP contribution >= 0.6 is 12.6 Å². The molecule has 0 spiro atoms. The van der Waals surface area contributed by atoms with Crippen LogP contribution in [0.2, 0.25) is 0 Å². The van der Waals surface area contributed by atoms with E-state index in [1.54, 1.807) is 19.1 Å². The van der Waals surface area contributed by atoms with E-state index in [0.29, 0.717) is 13.2 Å². The molecule has 1 aliphatic rings. The zero-order chi connectivity index (χ0) is 9.68. The van der Waals surface area contributed by atoms with Gasteiger partial charge >= 0.3 is 5.30 Å². The molecule has 13 heavy (non-hydrogen) atoms. The standard InChI is InChI=1S/C8H12O4S/c1-6-10-4-2-3-7(5-11-6)12-8(9)13/h2-3,6-7H,4-5H2,1H3,(H,9,13)/b3-2+. The van der Waals surface area contributed by atoms with Gasteiger partial charge in [0.2, 0.25) is 0 Å². The van der Waals surface area contributed by atoms with Crippen molar-refractivity contribution >= 4 is 17.9 Å². The van der Waals surface area contributed by atoms with Crippen LogP contribution in [0.4, 0.5) is 4.79 Å². The molecule has 0 N–H and O–H groups in total. The van der Waals surface area contributed by atoms with E-state index in [1.165, 1.54) is 0 Å². The fraction of sp³-hybridized carbons (Fsp3) is 0.625. The van der Waals surface area contributed by atoms with Gasteiger partial charge in [-0.05, 0) is 13.0 Å². The van der Waals surface area contributed by atoms with Crippen LogP contribution in [0.5, 0.6) is 0 Å². The van der Waals surface area contributed by atoms with Crippen molar-refractivity contribution < 1.29 is 19.0 Å². The van der Waals surface area contributed by atoms with E-state index < -0.39 is 5.30 Å². The van der Waals surface area contributed by atoms with Crippen molar-refractivity contribution in [1.29, 1.82) is 0 Å². The Hall–Kier alpha value is -0.520. The summed E-state index contributed by atoms with van der Waals surface area (Å²) in [5, 5.41) is -0.604. The molecule has 0 amide bonds.